The molecule has 1 N–H and O–H groups in total. The van der Waals surface area contributed by atoms with Gasteiger partial charge in [0.1, 0.15) is 5.82 Å². The number of halogens is 2. The highest BCUT2D eigenvalue weighted by molar-refractivity contribution is 9.10. The maximum atomic E-state index is 12.9. The first-order chi connectivity index (χ1) is 9.56. The van der Waals surface area contributed by atoms with E-state index in [1.807, 2.05) is 19.4 Å². The molecule has 0 bridgehead atoms. The van der Waals surface area contributed by atoms with Crippen LogP contribution in [0.25, 0.3) is 0 Å². The molecule has 1 aromatic heterocycles. The molecule has 0 aliphatic carbocycles. The Morgan fingerprint density at radius 3 is 2.95 bits per heavy atom. The molecule has 1 aromatic carbocycles. The molecule has 0 fully saturated rings. The van der Waals surface area contributed by atoms with E-state index in [-0.39, 0.29) is 11.7 Å². The molecule has 0 aliphatic heterocycles. The standard InChI is InChI=1S/C14H15BrFN3O/c1-19-9-10(8-18-19)3-2-6-17-14(20)12-5-4-11(16)7-13(12)15/h4-5,7-9H,2-3,6H2,1H3,(H,17,20). The fourth-order valence-electron chi connectivity index (χ4n) is 1.86. The molecule has 0 unspecified atom stereocenters. The normalized spacial score (nSPS) is 10.6. The number of hydrogen-bond acceptors (Lipinski definition) is 2. The van der Waals surface area contributed by atoms with E-state index in [1.54, 1.807) is 4.68 Å². The minimum Gasteiger partial charge on any atom is -0.352 e. The van der Waals surface area contributed by atoms with Gasteiger partial charge in [0.2, 0.25) is 0 Å². The average molecular weight is 340 g/mol. The molecule has 0 atom stereocenters. The molecule has 0 aliphatic rings. The van der Waals surface area contributed by atoms with Crippen molar-refractivity contribution in [1.29, 1.82) is 0 Å². The molecule has 0 saturated carbocycles. The second-order valence-electron chi connectivity index (χ2n) is 4.51. The zero-order valence-electron chi connectivity index (χ0n) is 11.1. The average Bonchev–Trinajstić information content (AvgIpc) is 2.80. The van der Waals surface area contributed by atoms with Crippen molar-refractivity contribution in [1.82, 2.24) is 15.1 Å². The molecule has 0 saturated heterocycles. The zero-order valence-corrected chi connectivity index (χ0v) is 12.7. The summed E-state index contributed by atoms with van der Waals surface area (Å²) in [6.07, 6.45) is 5.46. The van der Waals surface area contributed by atoms with E-state index in [4.69, 9.17) is 0 Å². The fraction of sp³-hybridized carbons (Fsp3) is 0.286. The zero-order chi connectivity index (χ0) is 14.5. The molecule has 4 nitrogen and oxygen atoms in total. The highest BCUT2D eigenvalue weighted by Gasteiger charge is 2.09. The molecule has 0 radical (unpaired) electrons. The van der Waals surface area contributed by atoms with Crippen molar-refractivity contribution >= 4 is 21.8 Å². The molecule has 106 valence electrons. The van der Waals surface area contributed by atoms with Crippen LogP contribution in [0.1, 0.15) is 22.3 Å². The van der Waals surface area contributed by atoms with Crippen LogP contribution in [0, 0.1) is 5.82 Å². The van der Waals surface area contributed by atoms with Crippen molar-refractivity contribution in [3.05, 3.63) is 52.0 Å². The fourth-order valence-corrected chi connectivity index (χ4v) is 2.40. The number of aromatic nitrogens is 2. The van der Waals surface area contributed by atoms with Crippen molar-refractivity contribution in [3.63, 3.8) is 0 Å². The van der Waals surface area contributed by atoms with Gasteiger partial charge in [0.15, 0.2) is 0 Å². The summed E-state index contributed by atoms with van der Waals surface area (Å²) in [6.45, 7) is 0.567. The number of nitrogens with zero attached hydrogens (tertiary/aromatic N) is 2. The lowest BCUT2D eigenvalue weighted by atomic mass is 10.2. The van der Waals surface area contributed by atoms with Gasteiger partial charge in [-0.3, -0.25) is 9.48 Å². The number of aryl methyl sites for hydroxylation is 2. The van der Waals surface area contributed by atoms with Crippen LogP contribution >= 0.6 is 15.9 Å². The van der Waals surface area contributed by atoms with Gasteiger partial charge < -0.3 is 5.32 Å². The van der Waals surface area contributed by atoms with Gasteiger partial charge in [-0.05, 0) is 52.5 Å². The highest BCUT2D eigenvalue weighted by atomic mass is 79.9. The largest absolute Gasteiger partial charge is 0.352 e. The minimum atomic E-state index is -0.370. The Morgan fingerprint density at radius 2 is 2.30 bits per heavy atom. The van der Waals surface area contributed by atoms with Gasteiger partial charge in [-0.15, -0.1) is 0 Å². The van der Waals surface area contributed by atoms with Crippen LogP contribution in [-0.2, 0) is 13.5 Å². The van der Waals surface area contributed by atoms with Crippen LogP contribution in [0.15, 0.2) is 35.1 Å². The van der Waals surface area contributed by atoms with Gasteiger partial charge >= 0.3 is 0 Å². The Morgan fingerprint density at radius 1 is 1.50 bits per heavy atom. The molecule has 6 heteroatoms. The lowest BCUT2D eigenvalue weighted by Gasteiger charge is -2.06. The van der Waals surface area contributed by atoms with Crippen molar-refractivity contribution in [2.45, 2.75) is 12.8 Å². The molecule has 1 amide bonds. The first-order valence-corrected chi connectivity index (χ1v) is 7.06. The number of nitrogens with one attached hydrogen (secondary N) is 1. The maximum absolute atomic E-state index is 12.9. The molecule has 0 spiro atoms. The summed E-state index contributed by atoms with van der Waals surface area (Å²) in [7, 11) is 1.87. The van der Waals surface area contributed by atoms with Gasteiger partial charge in [-0.1, -0.05) is 0 Å². The first kappa shape index (κ1) is 14.7. The van der Waals surface area contributed by atoms with E-state index in [0.717, 1.165) is 18.4 Å². The number of rotatable bonds is 5. The SMILES string of the molecule is Cn1cc(CCCNC(=O)c2ccc(F)cc2Br)cn1. The minimum absolute atomic E-state index is 0.205. The van der Waals surface area contributed by atoms with E-state index in [9.17, 15) is 9.18 Å². The van der Waals surface area contributed by atoms with Crippen molar-refractivity contribution < 1.29 is 9.18 Å². The predicted octanol–water partition coefficient (Wildman–Crippen LogP) is 2.68. The van der Waals surface area contributed by atoms with Crippen LogP contribution in [0.2, 0.25) is 0 Å². The smallest absolute Gasteiger partial charge is 0.252 e. The van der Waals surface area contributed by atoms with E-state index in [2.05, 4.69) is 26.3 Å². The van der Waals surface area contributed by atoms with Gasteiger partial charge in [0.05, 0.1) is 11.8 Å². The van der Waals surface area contributed by atoms with Crippen molar-refractivity contribution in [2.24, 2.45) is 7.05 Å². The van der Waals surface area contributed by atoms with Gasteiger partial charge in [-0.2, -0.15) is 5.10 Å². The molecule has 2 rings (SSSR count). The Bertz CT molecular complexity index is 612. The Balaban J connectivity index is 1.80. The van der Waals surface area contributed by atoms with E-state index in [0.29, 0.717) is 16.6 Å². The Labute approximate surface area is 125 Å². The van der Waals surface area contributed by atoms with Crippen LogP contribution in [-0.4, -0.2) is 22.2 Å². The lowest BCUT2D eigenvalue weighted by Crippen LogP contribution is -2.25. The first-order valence-electron chi connectivity index (χ1n) is 6.27. The van der Waals surface area contributed by atoms with Gasteiger partial charge in [0, 0.05) is 24.3 Å². The van der Waals surface area contributed by atoms with Crippen LogP contribution in [0.4, 0.5) is 4.39 Å². The number of carbonyl (C=O) groups is 1. The molecule has 20 heavy (non-hydrogen) atoms. The summed E-state index contributed by atoms with van der Waals surface area (Å²) in [6, 6.07) is 4.02. The summed E-state index contributed by atoms with van der Waals surface area (Å²) in [5, 5.41) is 6.90. The second kappa shape index (κ2) is 6.65. The predicted molar refractivity (Wildman–Crippen MR) is 78.0 cm³/mol. The summed E-state index contributed by atoms with van der Waals surface area (Å²) in [5.41, 5.74) is 1.58. The van der Waals surface area contributed by atoms with Crippen LogP contribution < -0.4 is 5.32 Å². The Kier molecular flexibility index (Phi) is 4.89. The molecular weight excluding hydrogens is 325 g/mol. The number of carbonyl (C=O) groups excluding carboxylic acids is 1. The Hall–Kier alpha value is -1.69. The third-order valence-electron chi connectivity index (χ3n) is 2.86. The van der Waals surface area contributed by atoms with Crippen LogP contribution in [0.3, 0.4) is 0 Å². The number of amides is 1. The van der Waals surface area contributed by atoms with Crippen molar-refractivity contribution in [2.75, 3.05) is 6.54 Å². The topological polar surface area (TPSA) is 46.9 Å². The lowest BCUT2D eigenvalue weighted by molar-refractivity contribution is 0.0952. The maximum Gasteiger partial charge on any atom is 0.252 e. The quantitative estimate of drug-likeness (QED) is 0.851. The van der Waals surface area contributed by atoms with Gasteiger partial charge in [0.25, 0.3) is 5.91 Å². The van der Waals surface area contributed by atoms with Crippen molar-refractivity contribution in [3.8, 4) is 0 Å². The third-order valence-corrected chi connectivity index (χ3v) is 3.52. The van der Waals surface area contributed by atoms with Crippen LogP contribution in [0.5, 0.6) is 0 Å². The monoisotopic (exact) mass is 339 g/mol. The van der Waals surface area contributed by atoms with E-state index < -0.39 is 0 Å². The molecule has 1 heterocycles. The summed E-state index contributed by atoms with van der Waals surface area (Å²) >= 11 is 3.18. The second-order valence-corrected chi connectivity index (χ2v) is 5.36. The number of benzene rings is 1. The summed E-state index contributed by atoms with van der Waals surface area (Å²) in [4.78, 5) is 11.9. The summed E-state index contributed by atoms with van der Waals surface area (Å²) in [5.74, 6) is -0.576. The highest BCUT2D eigenvalue weighted by Crippen LogP contribution is 2.17. The summed E-state index contributed by atoms with van der Waals surface area (Å²) < 4.78 is 15.2. The molecule has 2 aromatic rings. The number of hydrogen-bond donors (Lipinski definition) is 1. The van der Waals surface area contributed by atoms with E-state index >= 15 is 0 Å². The third kappa shape index (κ3) is 3.90. The molecular formula is C14H15BrFN3O. The van der Waals surface area contributed by atoms with Gasteiger partial charge in [-0.25, -0.2) is 4.39 Å². The van der Waals surface area contributed by atoms with E-state index in [1.165, 1.54) is 18.2 Å².